The van der Waals surface area contributed by atoms with Crippen LogP contribution in [0.25, 0.3) is 27.7 Å². The maximum absolute atomic E-state index is 13.7. The van der Waals surface area contributed by atoms with Crippen LogP contribution in [0, 0.1) is 11.6 Å². The van der Waals surface area contributed by atoms with Crippen LogP contribution in [0.15, 0.2) is 54.9 Å². The quantitative estimate of drug-likeness (QED) is 0.436. The molecule has 7 heteroatoms. The number of benzene rings is 2. The number of hydrogen-bond acceptors (Lipinski definition) is 2. The van der Waals surface area contributed by atoms with Gasteiger partial charge in [0.1, 0.15) is 0 Å². The highest BCUT2D eigenvalue weighted by molar-refractivity contribution is 6.30. The zero-order valence-electron chi connectivity index (χ0n) is 16.1. The summed E-state index contributed by atoms with van der Waals surface area (Å²) < 4.78 is 27.2. The van der Waals surface area contributed by atoms with Gasteiger partial charge in [-0.25, -0.2) is 8.78 Å². The topological polar surface area (TPSA) is 47.7 Å². The zero-order chi connectivity index (χ0) is 20.7. The van der Waals surface area contributed by atoms with E-state index in [1.807, 2.05) is 36.7 Å². The Balaban J connectivity index is 1.34. The summed E-state index contributed by atoms with van der Waals surface area (Å²) >= 11 is 6.00. The van der Waals surface area contributed by atoms with Gasteiger partial charge in [-0.3, -0.25) is 10.00 Å². The van der Waals surface area contributed by atoms with Crippen molar-refractivity contribution in [2.45, 2.75) is 13.0 Å². The average Bonchev–Trinajstić information content (AvgIpc) is 3.37. The van der Waals surface area contributed by atoms with E-state index in [9.17, 15) is 8.78 Å². The van der Waals surface area contributed by atoms with Gasteiger partial charge < -0.3 is 4.98 Å². The maximum Gasteiger partial charge on any atom is 0.160 e. The molecule has 0 fully saturated rings. The van der Waals surface area contributed by atoms with Crippen molar-refractivity contribution in [1.29, 1.82) is 0 Å². The second-order valence-corrected chi connectivity index (χ2v) is 7.94. The third-order valence-electron chi connectivity index (χ3n) is 5.61. The molecule has 1 aliphatic heterocycles. The van der Waals surface area contributed by atoms with Crippen LogP contribution in [-0.2, 0) is 6.54 Å². The molecule has 0 bridgehead atoms. The van der Waals surface area contributed by atoms with Gasteiger partial charge in [-0.05, 0) is 35.8 Å². The Bertz CT molecular complexity index is 1240. The Morgan fingerprint density at radius 2 is 1.90 bits per heavy atom. The summed E-state index contributed by atoms with van der Waals surface area (Å²) in [6, 6.07) is 10.2. The monoisotopic (exact) mass is 424 g/mol. The van der Waals surface area contributed by atoms with Gasteiger partial charge in [0, 0.05) is 58.9 Å². The van der Waals surface area contributed by atoms with Crippen LogP contribution in [0.1, 0.15) is 17.5 Å². The standard InChI is InChI=1S/C23H19ClF2N4/c24-17-3-1-15(2-4-17)23-16(11-28-29-23)13-30-7-5-14(6-8-30)19-12-27-22-10-21(26)20(25)9-18(19)22/h1-5,9-12,27H,6-8,13H2,(H,28,29). The highest BCUT2D eigenvalue weighted by atomic mass is 35.5. The summed E-state index contributed by atoms with van der Waals surface area (Å²) in [5, 5.41) is 8.73. The summed E-state index contributed by atoms with van der Waals surface area (Å²) in [7, 11) is 0. The summed E-state index contributed by atoms with van der Waals surface area (Å²) in [6.45, 7) is 2.41. The summed E-state index contributed by atoms with van der Waals surface area (Å²) in [5.74, 6) is -1.66. The zero-order valence-corrected chi connectivity index (χ0v) is 16.8. The summed E-state index contributed by atoms with van der Waals surface area (Å²) in [4.78, 5) is 5.38. The largest absolute Gasteiger partial charge is 0.360 e. The van der Waals surface area contributed by atoms with E-state index in [1.165, 1.54) is 12.1 Å². The van der Waals surface area contributed by atoms with Crippen LogP contribution in [0.4, 0.5) is 8.78 Å². The normalized spacial score (nSPS) is 15.0. The molecule has 0 aliphatic carbocycles. The SMILES string of the molecule is Fc1cc2[nH]cc(C3=CCN(Cc4cn[nH]c4-c4ccc(Cl)cc4)CC3)c2cc1F. The number of rotatable bonds is 4. The van der Waals surface area contributed by atoms with Crippen molar-refractivity contribution in [3.05, 3.63) is 82.7 Å². The number of halogens is 3. The molecular formula is C23H19ClF2N4. The number of aromatic amines is 2. The molecule has 0 radical (unpaired) electrons. The third kappa shape index (κ3) is 3.53. The molecule has 0 saturated heterocycles. The molecule has 30 heavy (non-hydrogen) atoms. The maximum atomic E-state index is 13.7. The second-order valence-electron chi connectivity index (χ2n) is 7.51. The molecule has 0 atom stereocenters. The molecule has 0 saturated carbocycles. The molecule has 2 aromatic heterocycles. The lowest BCUT2D eigenvalue weighted by molar-refractivity contribution is 0.294. The van der Waals surface area contributed by atoms with Crippen molar-refractivity contribution >= 4 is 28.1 Å². The minimum Gasteiger partial charge on any atom is -0.360 e. The van der Waals surface area contributed by atoms with Crippen molar-refractivity contribution in [2.75, 3.05) is 13.1 Å². The van der Waals surface area contributed by atoms with Gasteiger partial charge in [-0.15, -0.1) is 0 Å². The molecule has 2 aromatic carbocycles. The van der Waals surface area contributed by atoms with Crippen molar-refractivity contribution in [1.82, 2.24) is 20.1 Å². The number of hydrogen-bond donors (Lipinski definition) is 2. The first kappa shape index (κ1) is 19.0. The minimum absolute atomic E-state index is 0.609. The first-order valence-electron chi connectivity index (χ1n) is 9.74. The number of fused-ring (bicyclic) bond motifs is 1. The molecule has 2 N–H and O–H groups in total. The molecule has 0 amide bonds. The van der Waals surface area contributed by atoms with Crippen molar-refractivity contribution < 1.29 is 8.78 Å². The lowest BCUT2D eigenvalue weighted by Gasteiger charge is -2.26. The molecule has 0 spiro atoms. The fourth-order valence-corrected chi connectivity index (χ4v) is 4.15. The molecule has 3 heterocycles. The smallest absolute Gasteiger partial charge is 0.160 e. The summed E-state index contributed by atoms with van der Waals surface area (Å²) in [6.07, 6.45) is 6.69. The van der Waals surface area contributed by atoms with E-state index in [1.54, 1.807) is 0 Å². The van der Waals surface area contributed by atoms with Crippen LogP contribution in [0.3, 0.4) is 0 Å². The van der Waals surface area contributed by atoms with E-state index in [4.69, 9.17) is 11.6 Å². The van der Waals surface area contributed by atoms with E-state index in [-0.39, 0.29) is 0 Å². The van der Waals surface area contributed by atoms with Crippen molar-refractivity contribution in [3.63, 3.8) is 0 Å². The van der Waals surface area contributed by atoms with Gasteiger partial charge >= 0.3 is 0 Å². The average molecular weight is 425 g/mol. The number of aromatic nitrogens is 3. The Kier molecular flexibility index (Phi) is 4.89. The van der Waals surface area contributed by atoms with Crippen molar-refractivity contribution in [3.8, 4) is 11.3 Å². The predicted octanol–water partition coefficient (Wildman–Crippen LogP) is 5.78. The fraction of sp³-hybridized carbons (Fsp3) is 0.174. The van der Waals surface area contributed by atoms with Crippen LogP contribution in [0.2, 0.25) is 5.02 Å². The lowest BCUT2D eigenvalue weighted by Crippen LogP contribution is -2.28. The Morgan fingerprint density at radius 1 is 1.10 bits per heavy atom. The van der Waals surface area contributed by atoms with E-state index in [2.05, 4.69) is 26.2 Å². The van der Waals surface area contributed by atoms with Crippen LogP contribution in [-0.4, -0.2) is 33.2 Å². The van der Waals surface area contributed by atoms with E-state index < -0.39 is 11.6 Å². The van der Waals surface area contributed by atoms with Gasteiger partial charge in [-0.2, -0.15) is 5.10 Å². The van der Waals surface area contributed by atoms with Crippen LogP contribution in [0.5, 0.6) is 0 Å². The molecule has 0 unspecified atom stereocenters. The van der Waals surface area contributed by atoms with Crippen LogP contribution < -0.4 is 0 Å². The fourth-order valence-electron chi connectivity index (χ4n) is 4.02. The first-order chi connectivity index (χ1) is 14.6. The Hall–Kier alpha value is -2.96. The molecular weight excluding hydrogens is 406 g/mol. The molecule has 5 rings (SSSR count). The van der Waals surface area contributed by atoms with Crippen LogP contribution >= 0.6 is 11.6 Å². The third-order valence-corrected chi connectivity index (χ3v) is 5.86. The van der Waals surface area contributed by atoms with Gasteiger partial charge in [0.05, 0.1) is 11.9 Å². The lowest BCUT2D eigenvalue weighted by atomic mass is 9.98. The predicted molar refractivity (Wildman–Crippen MR) is 115 cm³/mol. The van der Waals surface area contributed by atoms with E-state index in [0.717, 1.165) is 54.0 Å². The van der Waals surface area contributed by atoms with Crippen molar-refractivity contribution in [2.24, 2.45) is 0 Å². The number of nitrogens with zero attached hydrogens (tertiary/aromatic N) is 2. The summed E-state index contributed by atoms with van der Waals surface area (Å²) in [5.41, 5.74) is 5.86. The van der Waals surface area contributed by atoms with Gasteiger partial charge in [-0.1, -0.05) is 29.8 Å². The minimum atomic E-state index is -0.837. The molecule has 1 aliphatic rings. The molecule has 4 aromatic rings. The van der Waals surface area contributed by atoms with Gasteiger partial charge in [0.25, 0.3) is 0 Å². The molecule has 4 nitrogen and oxygen atoms in total. The first-order valence-corrected chi connectivity index (χ1v) is 10.1. The number of H-pyrrole nitrogens is 2. The van der Waals surface area contributed by atoms with E-state index in [0.29, 0.717) is 15.9 Å². The Labute approximate surface area is 177 Å². The molecule has 152 valence electrons. The second kappa shape index (κ2) is 7.70. The highest BCUT2D eigenvalue weighted by Crippen LogP contribution is 2.31. The number of nitrogens with one attached hydrogen (secondary N) is 2. The van der Waals surface area contributed by atoms with Gasteiger partial charge in [0.2, 0.25) is 0 Å². The highest BCUT2D eigenvalue weighted by Gasteiger charge is 2.19. The van der Waals surface area contributed by atoms with E-state index >= 15 is 0 Å². The Morgan fingerprint density at radius 3 is 2.67 bits per heavy atom. The van der Waals surface area contributed by atoms with Gasteiger partial charge in [0.15, 0.2) is 11.6 Å².